The van der Waals surface area contributed by atoms with Gasteiger partial charge in [0.1, 0.15) is 0 Å². The van der Waals surface area contributed by atoms with Gasteiger partial charge in [0.2, 0.25) is 0 Å². The molecule has 0 saturated heterocycles. The summed E-state index contributed by atoms with van der Waals surface area (Å²) in [5, 5.41) is 8.93. The lowest BCUT2D eigenvalue weighted by Gasteiger charge is -2.25. The van der Waals surface area contributed by atoms with E-state index in [1.54, 1.807) is 0 Å². The van der Waals surface area contributed by atoms with Crippen molar-refractivity contribution in [1.29, 1.82) is 5.26 Å². The van der Waals surface area contributed by atoms with Gasteiger partial charge in [-0.25, -0.2) is 0 Å². The second-order valence-corrected chi connectivity index (χ2v) is 9.16. The van der Waals surface area contributed by atoms with Crippen LogP contribution in [0.15, 0.2) is 48.5 Å². The van der Waals surface area contributed by atoms with Crippen LogP contribution in [0.5, 0.6) is 0 Å². The Kier molecular flexibility index (Phi) is 9.73. The summed E-state index contributed by atoms with van der Waals surface area (Å²) in [5.74, 6) is 8.47. The van der Waals surface area contributed by atoms with Crippen molar-refractivity contribution < 1.29 is 0 Å². The molecule has 1 fully saturated rings. The van der Waals surface area contributed by atoms with E-state index in [-0.39, 0.29) is 0 Å². The molecule has 0 unspecified atom stereocenters. The second kappa shape index (κ2) is 13.0. The van der Waals surface area contributed by atoms with Gasteiger partial charge >= 0.3 is 0 Å². The van der Waals surface area contributed by atoms with Crippen molar-refractivity contribution in [2.24, 2.45) is 11.8 Å². The van der Waals surface area contributed by atoms with Gasteiger partial charge < -0.3 is 0 Å². The van der Waals surface area contributed by atoms with Crippen LogP contribution in [-0.2, 0) is 0 Å². The fourth-order valence-corrected chi connectivity index (χ4v) is 4.65. The van der Waals surface area contributed by atoms with Crippen LogP contribution in [0.4, 0.5) is 0 Å². The lowest BCUT2D eigenvalue weighted by atomic mass is 9.80. The van der Waals surface area contributed by atoms with Crippen LogP contribution in [0.1, 0.15) is 95.1 Å². The number of nitriles is 1. The highest BCUT2D eigenvalue weighted by Crippen LogP contribution is 2.32. The molecule has 162 valence electrons. The molecule has 1 aliphatic carbocycles. The summed E-state index contributed by atoms with van der Waals surface area (Å²) in [7, 11) is 0. The fraction of sp³-hybridized carbons (Fsp3) is 0.500. The first-order valence-electron chi connectivity index (χ1n) is 12.4. The van der Waals surface area contributed by atoms with Crippen molar-refractivity contribution in [3.05, 3.63) is 59.7 Å². The van der Waals surface area contributed by atoms with Crippen LogP contribution in [0, 0.1) is 35.0 Å². The maximum absolute atomic E-state index is 8.93. The molecular formula is C30H37N. The van der Waals surface area contributed by atoms with Crippen LogP contribution >= 0.6 is 0 Å². The summed E-state index contributed by atoms with van der Waals surface area (Å²) < 4.78 is 0. The quantitative estimate of drug-likeness (QED) is 0.299. The van der Waals surface area contributed by atoms with E-state index in [0.717, 1.165) is 17.0 Å². The molecule has 2 aromatic rings. The zero-order chi connectivity index (χ0) is 21.7. The summed E-state index contributed by atoms with van der Waals surface area (Å²) in [6.45, 7) is 2.29. The highest BCUT2D eigenvalue weighted by atomic mass is 14.2. The maximum atomic E-state index is 8.93. The van der Waals surface area contributed by atoms with E-state index >= 15 is 0 Å². The Hall–Kier alpha value is -2.51. The number of hydrogen-bond donors (Lipinski definition) is 0. The number of nitrogens with zero attached hydrogens (tertiary/aromatic N) is 1. The molecule has 3 rings (SSSR count). The molecule has 1 aliphatic rings. The zero-order valence-corrected chi connectivity index (χ0v) is 19.2. The van der Waals surface area contributed by atoms with Gasteiger partial charge in [-0.3, -0.25) is 0 Å². The molecule has 0 heterocycles. The smallest absolute Gasteiger partial charge is 0.0991 e. The van der Waals surface area contributed by atoms with Crippen molar-refractivity contribution in [3.8, 4) is 29.0 Å². The number of unbranched alkanes of at least 4 members (excludes halogenated alkanes) is 6. The Balaban J connectivity index is 1.38. The molecule has 0 bridgehead atoms. The largest absolute Gasteiger partial charge is 0.192 e. The number of rotatable bonds is 9. The van der Waals surface area contributed by atoms with Crippen molar-refractivity contribution in [1.82, 2.24) is 0 Å². The van der Waals surface area contributed by atoms with Crippen molar-refractivity contribution in [2.75, 3.05) is 0 Å². The van der Waals surface area contributed by atoms with Crippen LogP contribution in [0.25, 0.3) is 11.1 Å². The Bertz CT molecular complexity index is 865. The first kappa shape index (κ1) is 23.2. The SMILES string of the molecule is CCCCCCCCCC1CCC(C#Cc2ccc(-c3ccc(C#N)cc3)cc2)CC1. The lowest BCUT2D eigenvalue weighted by Crippen LogP contribution is -2.13. The molecule has 2 aromatic carbocycles. The van der Waals surface area contributed by atoms with Crippen molar-refractivity contribution in [2.45, 2.75) is 84.0 Å². The molecule has 0 atom stereocenters. The van der Waals surface area contributed by atoms with Crippen LogP contribution in [-0.4, -0.2) is 0 Å². The van der Waals surface area contributed by atoms with Crippen LogP contribution in [0.2, 0.25) is 0 Å². The normalized spacial score (nSPS) is 18.1. The monoisotopic (exact) mass is 411 g/mol. The van der Waals surface area contributed by atoms with E-state index in [9.17, 15) is 0 Å². The number of hydrogen-bond acceptors (Lipinski definition) is 1. The Labute approximate surface area is 189 Å². The third-order valence-corrected chi connectivity index (χ3v) is 6.72. The van der Waals surface area contributed by atoms with E-state index < -0.39 is 0 Å². The van der Waals surface area contributed by atoms with Crippen LogP contribution < -0.4 is 0 Å². The van der Waals surface area contributed by atoms with Gasteiger partial charge in [0.05, 0.1) is 11.6 Å². The van der Waals surface area contributed by atoms with Gasteiger partial charge in [0.15, 0.2) is 0 Å². The predicted molar refractivity (Wildman–Crippen MR) is 132 cm³/mol. The summed E-state index contributed by atoms with van der Waals surface area (Å²) >= 11 is 0. The van der Waals surface area contributed by atoms with Gasteiger partial charge in [0.25, 0.3) is 0 Å². The second-order valence-electron chi connectivity index (χ2n) is 9.16. The Morgan fingerprint density at radius 3 is 1.84 bits per heavy atom. The van der Waals surface area contributed by atoms with Gasteiger partial charge in [-0.15, -0.1) is 0 Å². The first-order chi connectivity index (χ1) is 15.3. The van der Waals surface area contributed by atoms with Gasteiger partial charge in [-0.2, -0.15) is 5.26 Å². The van der Waals surface area contributed by atoms with E-state index in [1.165, 1.54) is 82.6 Å². The van der Waals surface area contributed by atoms with E-state index in [4.69, 9.17) is 5.26 Å². The summed E-state index contributed by atoms with van der Waals surface area (Å²) in [6, 6.07) is 18.4. The minimum absolute atomic E-state index is 0.573. The highest BCUT2D eigenvalue weighted by Gasteiger charge is 2.19. The minimum atomic E-state index is 0.573. The van der Waals surface area contributed by atoms with Gasteiger partial charge in [-0.1, -0.05) is 94.4 Å². The Morgan fingerprint density at radius 1 is 0.710 bits per heavy atom. The number of benzene rings is 2. The summed E-state index contributed by atoms with van der Waals surface area (Å²) in [4.78, 5) is 0. The molecule has 0 spiro atoms. The average Bonchev–Trinajstić information content (AvgIpc) is 2.83. The molecule has 31 heavy (non-hydrogen) atoms. The highest BCUT2D eigenvalue weighted by molar-refractivity contribution is 5.65. The van der Waals surface area contributed by atoms with Crippen molar-refractivity contribution >= 4 is 0 Å². The topological polar surface area (TPSA) is 23.8 Å². The van der Waals surface area contributed by atoms with E-state index in [1.807, 2.05) is 24.3 Å². The molecule has 0 aliphatic heterocycles. The molecule has 0 aromatic heterocycles. The molecule has 0 radical (unpaired) electrons. The molecule has 1 nitrogen and oxygen atoms in total. The first-order valence-corrected chi connectivity index (χ1v) is 12.4. The molecular weight excluding hydrogens is 374 g/mol. The molecule has 1 saturated carbocycles. The molecule has 0 N–H and O–H groups in total. The van der Waals surface area contributed by atoms with E-state index in [2.05, 4.69) is 49.1 Å². The van der Waals surface area contributed by atoms with Gasteiger partial charge in [0, 0.05) is 11.5 Å². The minimum Gasteiger partial charge on any atom is -0.192 e. The summed E-state index contributed by atoms with van der Waals surface area (Å²) in [5.41, 5.74) is 4.10. The average molecular weight is 412 g/mol. The third-order valence-electron chi connectivity index (χ3n) is 6.72. The standard InChI is InChI=1S/C30H37N/c1-2-3-4-5-6-7-8-9-25-10-12-26(13-11-25)14-15-27-16-20-29(21-17-27)30-22-18-28(24-31)19-23-30/h16-23,25-26H,2-13H2,1H3. The van der Waals surface area contributed by atoms with Gasteiger partial charge in [-0.05, 0) is 67.0 Å². The van der Waals surface area contributed by atoms with Crippen LogP contribution in [0.3, 0.4) is 0 Å². The zero-order valence-electron chi connectivity index (χ0n) is 19.2. The maximum Gasteiger partial charge on any atom is 0.0991 e. The molecule has 0 amide bonds. The fourth-order valence-electron chi connectivity index (χ4n) is 4.65. The molecule has 1 heteroatoms. The summed E-state index contributed by atoms with van der Waals surface area (Å²) in [6.07, 6.45) is 16.6. The lowest BCUT2D eigenvalue weighted by molar-refractivity contribution is 0.293. The van der Waals surface area contributed by atoms with E-state index in [0.29, 0.717) is 11.5 Å². The third kappa shape index (κ3) is 7.92. The predicted octanol–water partition coefficient (Wildman–Crippen LogP) is 8.52. The van der Waals surface area contributed by atoms with Crippen molar-refractivity contribution in [3.63, 3.8) is 0 Å². The Morgan fingerprint density at radius 2 is 1.26 bits per heavy atom.